The van der Waals surface area contributed by atoms with E-state index in [9.17, 15) is 9.90 Å². The standard InChI is InChI=1S/C23H22N2O2/c1-24(2)21-12-9-18(10-13-21)11-14-22-8-3-4-15-25(22)17-19-6-5-7-20(16-19)23(26)27/h3-16H,17H2,1-2H3/p+1. The molecule has 136 valence electrons. The van der Waals surface area contributed by atoms with E-state index in [1.807, 2.05) is 44.6 Å². The predicted octanol–water partition coefficient (Wildman–Crippen LogP) is 3.96. The van der Waals surface area contributed by atoms with Gasteiger partial charge in [0.15, 0.2) is 12.7 Å². The Morgan fingerprint density at radius 3 is 2.48 bits per heavy atom. The molecule has 0 spiro atoms. The molecule has 0 bridgehead atoms. The van der Waals surface area contributed by atoms with E-state index >= 15 is 0 Å². The van der Waals surface area contributed by atoms with Crippen molar-refractivity contribution in [3.8, 4) is 0 Å². The number of hydrogen-bond acceptors (Lipinski definition) is 2. The minimum Gasteiger partial charge on any atom is -0.478 e. The molecule has 0 aliphatic heterocycles. The fraction of sp³-hybridized carbons (Fsp3) is 0.130. The summed E-state index contributed by atoms with van der Waals surface area (Å²) in [5, 5.41) is 9.17. The van der Waals surface area contributed by atoms with Gasteiger partial charge in [-0.25, -0.2) is 4.79 Å². The molecule has 1 heterocycles. The summed E-state index contributed by atoms with van der Waals surface area (Å²) in [5.41, 5.74) is 4.61. The maximum absolute atomic E-state index is 11.2. The van der Waals surface area contributed by atoms with Gasteiger partial charge in [0, 0.05) is 43.6 Å². The summed E-state index contributed by atoms with van der Waals surface area (Å²) in [6.07, 6.45) is 6.16. The lowest BCUT2D eigenvalue weighted by atomic mass is 10.1. The van der Waals surface area contributed by atoms with Gasteiger partial charge in [0.25, 0.3) is 0 Å². The van der Waals surface area contributed by atoms with Crippen molar-refractivity contribution in [2.24, 2.45) is 0 Å². The predicted molar refractivity (Wildman–Crippen MR) is 109 cm³/mol. The van der Waals surface area contributed by atoms with Gasteiger partial charge < -0.3 is 10.0 Å². The van der Waals surface area contributed by atoms with Gasteiger partial charge in [-0.05, 0) is 42.0 Å². The molecule has 0 amide bonds. The van der Waals surface area contributed by atoms with Crippen molar-refractivity contribution in [3.63, 3.8) is 0 Å². The third-order valence-electron chi connectivity index (χ3n) is 4.36. The van der Waals surface area contributed by atoms with Crippen LogP contribution in [0.2, 0.25) is 0 Å². The van der Waals surface area contributed by atoms with E-state index in [-0.39, 0.29) is 0 Å². The number of aromatic nitrogens is 1. The highest BCUT2D eigenvalue weighted by atomic mass is 16.4. The summed E-state index contributed by atoms with van der Waals surface area (Å²) in [4.78, 5) is 13.3. The smallest absolute Gasteiger partial charge is 0.335 e. The normalized spacial score (nSPS) is 10.9. The fourth-order valence-electron chi connectivity index (χ4n) is 2.85. The van der Waals surface area contributed by atoms with Gasteiger partial charge in [-0.15, -0.1) is 0 Å². The maximum Gasteiger partial charge on any atom is 0.335 e. The van der Waals surface area contributed by atoms with Crippen LogP contribution in [0.5, 0.6) is 0 Å². The topological polar surface area (TPSA) is 44.4 Å². The lowest BCUT2D eigenvalue weighted by molar-refractivity contribution is -0.690. The Morgan fingerprint density at radius 1 is 1.00 bits per heavy atom. The zero-order chi connectivity index (χ0) is 19.2. The third-order valence-corrected chi connectivity index (χ3v) is 4.36. The van der Waals surface area contributed by atoms with Crippen LogP contribution in [0.1, 0.15) is 27.2 Å². The highest BCUT2D eigenvalue weighted by Crippen LogP contribution is 2.14. The van der Waals surface area contributed by atoms with Crippen LogP contribution < -0.4 is 9.47 Å². The second kappa shape index (κ2) is 8.32. The molecular weight excluding hydrogens is 336 g/mol. The number of hydrogen-bond donors (Lipinski definition) is 1. The van der Waals surface area contributed by atoms with Crippen LogP contribution in [-0.4, -0.2) is 25.2 Å². The molecule has 0 aliphatic carbocycles. The second-order valence-electron chi connectivity index (χ2n) is 6.58. The number of anilines is 1. The molecule has 0 saturated carbocycles. The second-order valence-corrected chi connectivity index (χ2v) is 6.58. The largest absolute Gasteiger partial charge is 0.478 e. The van der Waals surface area contributed by atoms with Crippen molar-refractivity contribution < 1.29 is 14.5 Å². The molecule has 0 atom stereocenters. The van der Waals surface area contributed by atoms with Gasteiger partial charge >= 0.3 is 5.97 Å². The average molecular weight is 359 g/mol. The number of pyridine rings is 1. The quantitative estimate of drug-likeness (QED) is 0.678. The highest BCUT2D eigenvalue weighted by Gasteiger charge is 2.10. The number of rotatable bonds is 6. The minimum absolute atomic E-state index is 0.308. The Labute approximate surface area is 159 Å². The monoisotopic (exact) mass is 359 g/mol. The van der Waals surface area contributed by atoms with Crippen LogP contribution in [-0.2, 0) is 6.54 Å². The molecule has 2 aromatic carbocycles. The van der Waals surface area contributed by atoms with E-state index in [1.165, 1.54) is 5.69 Å². The summed E-state index contributed by atoms with van der Waals surface area (Å²) in [5.74, 6) is -0.906. The first-order chi connectivity index (χ1) is 13.0. The van der Waals surface area contributed by atoms with Crippen LogP contribution in [0.15, 0.2) is 72.9 Å². The Bertz CT molecular complexity index is 960. The van der Waals surface area contributed by atoms with E-state index in [0.29, 0.717) is 12.1 Å². The minimum atomic E-state index is -0.906. The molecule has 1 aromatic heterocycles. The fourth-order valence-corrected chi connectivity index (χ4v) is 2.85. The average Bonchev–Trinajstić information content (AvgIpc) is 2.68. The van der Waals surface area contributed by atoms with E-state index in [0.717, 1.165) is 16.8 Å². The summed E-state index contributed by atoms with van der Waals surface area (Å²) in [6.45, 7) is 0.612. The van der Waals surface area contributed by atoms with Gasteiger partial charge in [-0.2, -0.15) is 4.57 Å². The number of carboxylic acids is 1. The number of carboxylic acid groups (broad SMARTS) is 1. The van der Waals surface area contributed by atoms with Gasteiger partial charge in [0.2, 0.25) is 5.69 Å². The van der Waals surface area contributed by atoms with Crippen molar-refractivity contribution in [1.82, 2.24) is 0 Å². The number of benzene rings is 2. The van der Waals surface area contributed by atoms with Crippen LogP contribution >= 0.6 is 0 Å². The van der Waals surface area contributed by atoms with Crippen molar-refractivity contribution in [3.05, 3.63) is 95.3 Å². The maximum atomic E-state index is 11.2. The van der Waals surface area contributed by atoms with Crippen LogP contribution in [0.25, 0.3) is 12.2 Å². The molecule has 1 N–H and O–H groups in total. The van der Waals surface area contributed by atoms with Crippen molar-refractivity contribution in [2.45, 2.75) is 6.54 Å². The highest BCUT2D eigenvalue weighted by molar-refractivity contribution is 5.87. The van der Waals surface area contributed by atoms with Gasteiger partial charge in [0.05, 0.1) is 5.56 Å². The molecule has 0 aliphatic rings. The summed E-state index contributed by atoms with van der Waals surface area (Å²) >= 11 is 0. The first kappa shape index (κ1) is 18.4. The zero-order valence-corrected chi connectivity index (χ0v) is 15.5. The van der Waals surface area contributed by atoms with Gasteiger partial charge in [-0.3, -0.25) is 0 Å². The molecular formula is C23H23N2O2+. The van der Waals surface area contributed by atoms with E-state index < -0.39 is 5.97 Å². The Kier molecular flexibility index (Phi) is 5.67. The first-order valence-corrected chi connectivity index (χ1v) is 8.79. The molecule has 4 nitrogen and oxygen atoms in total. The molecule has 0 radical (unpaired) electrons. The summed E-state index contributed by atoms with van der Waals surface area (Å²) < 4.78 is 2.10. The van der Waals surface area contributed by atoms with E-state index in [2.05, 4.69) is 45.9 Å². The number of nitrogens with zero attached hydrogens (tertiary/aromatic N) is 2. The van der Waals surface area contributed by atoms with E-state index in [1.54, 1.807) is 18.2 Å². The van der Waals surface area contributed by atoms with Crippen molar-refractivity contribution in [1.29, 1.82) is 0 Å². The Balaban J connectivity index is 1.81. The van der Waals surface area contributed by atoms with Crippen LogP contribution in [0, 0.1) is 0 Å². The van der Waals surface area contributed by atoms with Gasteiger partial charge in [0.1, 0.15) is 0 Å². The Hall–Kier alpha value is -3.40. The molecule has 0 unspecified atom stereocenters. The van der Waals surface area contributed by atoms with Crippen molar-refractivity contribution >= 4 is 23.8 Å². The van der Waals surface area contributed by atoms with Crippen LogP contribution in [0.3, 0.4) is 0 Å². The lowest BCUT2D eigenvalue weighted by Gasteiger charge is -2.11. The summed E-state index contributed by atoms with van der Waals surface area (Å²) in [6, 6.07) is 21.5. The molecule has 27 heavy (non-hydrogen) atoms. The SMILES string of the molecule is CN(C)c1ccc(/C=C/c2cccc[n+]2Cc2cccc(C(=O)O)c2)cc1. The number of aromatic carboxylic acids is 1. The first-order valence-electron chi connectivity index (χ1n) is 8.79. The van der Waals surface area contributed by atoms with Crippen LogP contribution in [0.4, 0.5) is 5.69 Å². The summed E-state index contributed by atoms with van der Waals surface area (Å²) in [7, 11) is 4.05. The molecule has 3 aromatic rings. The van der Waals surface area contributed by atoms with E-state index in [4.69, 9.17) is 0 Å². The van der Waals surface area contributed by atoms with Gasteiger partial charge in [-0.1, -0.05) is 24.3 Å². The molecule has 0 fully saturated rings. The Morgan fingerprint density at radius 2 is 1.78 bits per heavy atom. The van der Waals surface area contributed by atoms with Crippen molar-refractivity contribution in [2.75, 3.05) is 19.0 Å². The zero-order valence-electron chi connectivity index (χ0n) is 15.5. The molecule has 0 saturated heterocycles. The molecule has 3 rings (SSSR count). The lowest BCUT2D eigenvalue weighted by Crippen LogP contribution is -2.37. The third kappa shape index (κ3) is 4.82. The molecule has 4 heteroatoms. The number of carbonyl (C=O) groups is 1.